The van der Waals surface area contributed by atoms with E-state index in [-0.39, 0.29) is 5.69 Å². The van der Waals surface area contributed by atoms with E-state index < -0.39 is 10.9 Å². The fraction of sp³-hybridized carbons (Fsp3) is 0.0769. The molecular formula is C13H11N3O4. The van der Waals surface area contributed by atoms with Gasteiger partial charge in [0.05, 0.1) is 23.3 Å². The van der Waals surface area contributed by atoms with Gasteiger partial charge in [-0.05, 0) is 18.2 Å². The highest BCUT2D eigenvalue weighted by molar-refractivity contribution is 5.96. The zero-order chi connectivity index (χ0) is 14.5. The molecule has 0 saturated carbocycles. The molecule has 0 atom stereocenters. The molecule has 0 aliphatic heterocycles. The Kier molecular flexibility index (Phi) is 3.90. The maximum Gasteiger partial charge on any atom is 0.339 e. The topological polar surface area (TPSA) is 94.4 Å². The first kappa shape index (κ1) is 13.5. The van der Waals surface area contributed by atoms with Crippen LogP contribution in [0.25, 0.3) is 0 Å². The Morgan fingerprint density at radius 1 is 1.30 bits per heavy atom. The lowest BCUT2D eigenvalue weighted by atomic mass is 10.2. The molecular weight excluding hydrogens is 262 g/mol. The summed E-state index contributed by atoms with van der Waals surface area (Å²) < 4.78 is 4.68. The minimum atomic E-state index is -0.529. The van der Waals surface area contributed by atoms with Crippen LogP contribution in [0.3, 0.4) is 0 Å². The molecule has 102 valence electrons. The van der Waals surface area contributed by atoms with Gasteiger partial charge in [-0.1, -0.05) is 12.1 Å². The number of pyridine rings is 1. The molecule has 7 heteroatoms. The number of benzene rings is 1. The summed E-state index contributed by atoms with van der Waals surface area (Å²) in [5.41, 5.74) is 0.771. The van der Waals surface area contributed by atoms with E-state index in [9.17, 15) is 14.9 Å². The lowest BCUT2D eigenvalue weighted by Crippen LogP contribution is -2.06. The summed E-state index contributed by atoms with van der Waals surface area (Å²) in [5.74, 6) is -0.0815. The third-order valence-corrected chi connectivity index (χ3v) is 2.55. The third-order valence-electron chi connectivity index (χ3n) is 2.55. The first-order valence-corrected chi connectivity index (χ1v) is 5.66. The number of para-hydroxylation sites is 1. The third kappa shape index (κ3) is 2.89. The van der Waals surface area contributed by atoms with Gasteiger partial charge in [-0.2, -0.15) is 0 Å². The van der Waals surface area contributed by atoms with Gasteiger partial charge in [0, 0.05) is 6.07 Å². The molecule has 0 unspecified atom stereocenters. The van der Waals surface area contributed by atoms with Crippen molar-refractivity contribution >= 4 is 23.2 Å². The number of nitro groups is 1. The SMILES string of the molecule is COC(=O)c1ccccc1Nc1ccc([N+](=O)[O-])cn1. The molecule has 0 fully saturated rings. The van der Waals surface area contributed by atoms with Crippen molar-refractivity contribution < 1.29 is 14.5 Å². The second-order valence-corrected chi connectivity index (χ2v) is 3.82. The predicted octanol–water partition coefficient (Wildman–Crippen LogP) is 2.52. The number of esters is 1. The second-order valence-electron chi connectivity index (χ2n) is 3.82. The molecule has 0 saturated heterocycles. The lowest BCUT2D eigenvalue weighted by Gasteiger charge is -2.09. The molecule has 0 radical (unpaired) electrons. The lowest BCUT2D eigenvalue weighted by molar-refractivity contribution is -0.385. The van der Waals surface area contributed by atoms with Crippen LogP contribution in [0.15, 0.2) is 42.6 Å². The van der Waals surface area contributed by atoms with E-state index >= 15 is 0 Å². The molecule has 1 N–H and O–H groups in total. The molecule has 20 heavy (non-hydrogen) atoms. The summed E-state index contributed by atoms with van der Waals surface area (Å²) in [6, 6.07) is 9.55. The minimum absolute atomic E-state index is 0.100. The average molecular weight is 273 g/mol. The van der Waals surface area contributed by atoms with Gasteiger partial charge in [-0.15, -0.1) is 0 Å². The van der Waals surface area contributed by atoms with Gasteiger partial charge in [0.15, 0.2) is 0 Å². The summed E-state index contributed by atoms with van der Waals surface area (Å²) in [6.07, 6.45) is 1.14. The van der Waals surface area contributed by atoms with Crippen LogP contribution >= 0.6 is 0 Å². The maximum atomic E-state index is 11.6. The molecule has 0 bridgehead atoms. The fourth-order valence-electron chi connectivity index (χ4n) is 1.59. The Morgan fingerprint density at radius 2 is 2.05 bits per heavy atom. The van der Waals surface area contributed by atoms with E-state index in [4.69, 9.17) is 0 Å². The van der Waals surface area contributed by atoms with Gasteiger partial charge >= 0.3 is 5.97 Å². The average Bonchev–Trinajstić information content (AvgIpc) is 2.47. The molecule has 0 aliphatic rings. The van der Waals surface area contributed by atoms with Crippen LogP contribution in [0, 0.1) is 10.1 Å². The van der Waals surface area contributed by atoms with E-state index in [1.54, 1.807) is 24.3 Å². The minimum Gasteiger partial charge on any atom is -0.465 e. The number of nitrogens with zero attached hydrogens (tertiary/aromatic N) is 2. The van der Waals surface area contributed by atoms with Crippen LogP contribution in [0.2, 0.25) is 0 Å². The highest BCUT2D eigenvalue weighted by Gasteiger charge is 2.12. The van der Waals surface area contributed by atoms with Crippen molar-refractivity contribution in [3.63, 3.8) is 0 Å². The van der Waals surface area contributed by atoms with Crippen LogP contribution in [-0.2, 0) is 4.74 Å². The number of carbonyl (C=O) groups is 1. The predicted molar refractivity (Wildman–Crippen MR) is 72.0 cm³/mol. The number of aromatic nitrogens is 1. The van der Waals surface area contributed by atoms with Gasteiger partial charge in [-0.25, -0.2) is 9.78 Å². The smallest absolute Gasteiger partial charge is 0.339 e. The Morgan fingerprint density at radius 3 is 2.65 bits per heavy atom. The van der Waals surface area contributed by atoms with E-state index in [2.05, 4.69) is 15.0 Å². The van der Waals surface area contributed by atoms with Crippen molar-refractivity contribution in [2.24, 2.45) is 0 Å². The molecule has 7 nitrogen and oxygen atoms in total. The van der Waals surface area contributed by atoms with Crippen LogP contribution in [0.4, 0.5) is 17.2 Å². The molecule has 1 heterocycles. The van der Waals surface area contributed by atoms with Crippen molar-refractivity contribution in [3.8, 4) is 0 Å². The molecule has 0 spiro atoms. The molecule has 1 aromatic carbocycles. The van der Waals surface area contributed by atoms with Gasteiger partial charge in [0.1, 0.15) is 12.0 Å². The van der Waals surface area contributed by atoms with Crippen LogP contribution in [0.5, 0.6) is 0 Å². The van der Waals surface area contributed by atoms with Crippen LogP contribution < -0.4 is 5.32 Å². The summed E-state index contributed by atoms with van der Waals surface area (Å²) in [6.45, 7) is 0. The monoisotopic (exact) mass is 273 g/mol. The number of methoxy groups -OCH3 is 1. The number of anilines is 2. The van der Waals surface area contributed by atoms with Crippen LogP contribution in [-0.4, -0.2) is 23.0 Å². The Bertz CT molecular complexity index is 640. The standard InChI is InChI=1S/C13H11N3O4/c1-20-13(17)10-4-2-3-5-11(10)15-12-7-6-9(8-14-12)16(18)19/h2-8H,1H3,(H,14,15). The quantitative estimate of drug-likeness (QED) is 0.522. The van der Waals surface area contributed by atoms with E-state index in [0.29, 0.717) is 17.1 Å². The molecule has 0 amide bonds. The maximum absolute atomic E-state index is 11.6. The first-order valence-electron chi connectivity index (χ1n) is 5.66. The normalized spacial score (nSPS) is 9.85. The van der Waals surface area contributed by atoms with E-state index in [0.717, 1.165) is 6.20 Å². The summed E-state index contributed by atoms with van der Waals surface area (Å²) in [4.78, 5) is 25.5. The molecule has 2 aromatic rings. The van der Waals surface area contributed by atoms with Crippen molar-refractivity contribution in [3.05, 3.63) is 58.3 Å². The zero-order valence-electron chi connectivity index (χ0n) is 10.6. The highest BCUT2D eigenvalue weighted by Crippen LogP contribution is 2.21. The van der Waals surface area contributed by atoms with Crippen molar-refractivity contribution in [2.75, 3.05) is 12.4 Å². The first-order chi connectivity index (χ1) is 9.61. The summed E-state index contributed by atoms with van der Waals surface area (Å²) in [7, 11) is 1.29. The highest BCUT2D eigenvalue weighted by atomic mass is 16.6. The van der Waals surface area contributed by atoms with Crippen molar-refractivity contribution in [1.82, 2.24) is 4.98 Å². The Balaban J connectivity index is 2.26. The molecule has 1 aromatic heterocycles. The Hall–Kier alpha value is -2.96. The van der Waals surface area contributed by atoms with Gasteiger partial charge in [0.25, 0.3) is 5.69 Å². The van der Waals surface area contributed by atoms with Crippen LogP contribution in [0.1, 0.15) is 10.4 Å². The number of nitrogens with one attached hydrogen (secondary N) is 1. The van der Waals surface area contributed by atoms with Gasteiger partial charge in [0.2, 0.25) is 0 Å². The zero-order valence-corrected chi connectivity index (χ0v) is 10.6. The van der Waals surface area contributed by atoms with E-state index in [1.807, 2.05) is 0 Å². The van der Waals surface area contributed by atoms with Crippen molar-refractivity contribution in [2.45, 2.75) is 0 Å². The number of rotatable bonds is 4. The largest absolute Gasteiger partial charge is 0.465 e. The van der Waals surface area contributed by atoms with Crippen molar-refractivity contribution in [1.29, 1.82) is 0 Å². The van der Waals surface area contributed by atoms with Gasteiger partial charge in [-0.3, -0.25) is 10.1 Å². The number of ether oxygens (including phenoxy) is 1. The van der Waals surface area contributed by atoms with Gasteiger partial charge < -0.3 is 10.1 Å². The summed E-state index contributed by atoms with van der Waals surface area (Å²) >= 11 is 0. The summed E-state index contributed by atoms with van der Waals surface area (Å²) in [5, 5.41) is 13.5. The number of hydrogen-bond acceptors (Lipinski definition) is 6. The molecule has 2 rings (SSSR count). The molecule has 0 aliphatic carbocycles. The van der Waals surface area contributed by atoms with E-state index in [1.165, 1.54) is 19.2 Å². The second kappa shape index (κ2) is 5.79. The number of carbonyl (C=O) groups excluding carboxylic acids is 1. The fourth-order valence-corrected chi connectivity index (χ4v) is 1.59. The Labute approximate surface area is 114 Å². The number of hydrogen-bond donors (Lipinski definition) is 1.